The maximum atomic E-state index is 11.9. The van der Waals surface area contributed by atoms with Crippen molar-refractivity contribution in [1.82, 2.24) is 15.6 Å². The van der Waals surface area contributed by atoms with Crippen LogP contribution < -0.4 is 16.0 Å². The van der Waals surface area contributed by atoms with Gasteiger partial charge in [-0.25, -0.2) is 4.98 Å². The van der Waals surface area contributed by atoms with Crippen molar-refractivity contribution in [3.63, 3.8) is 0 Å². The number of hydrogen-bond donors (Lipinski definition) is 3. The van der Waals surface area contributed by atoms with E-state index in [1.165, 1.54) is 12.8 Å². The van der Waals surface area contributed by atoms with Gasteiger partial charge in [-0.2, -0.15) is 0 Å². The molecule has 136 valence electrons. The molecule has 6 nitrogen and oxygen atoms in total. The van der Waals surface area contributed by atoms with Gasteiger partial charge in [0.1, 0.15) is 5.82 Å². The van der Waals surface area contributed by atoms with Gasteiger partial charge in [0.05, 0.1) is 0 Å². The maximum Gasteiger partial charge on any atom is 0.227 e. The Morgan fingerprint density at radius 3 is 2.62 bits per heavy atom. The second-order valence-corrected chi connectivity index (χ2v) is 5.41. The normalized spacial score (nSPS) is 10.7. The van der Waals surface area contributed by atoms with Gasteiger partial charge < -0.3 is 16.0 Å². The Morgan fingerprint density at radius 1 is 1.21 bits per heavy atom. The second-order valence-electron chi connectivity index (χ2n) is 5.41. The van der Waals surface area contributed by atoms with Gasteiger partial charge in [-0.15, -0.1) is 24.0 Å². The fourth-order valence-corrected chi connectivity index (χ4v) is 1.94. The van der Waals surface area contributed by atoms with E-state index in [-0.39, 0.29) is 29.9 Å². The molecule has 0 fully saturated rings. The minimum atomic E-state index is -0.0596. The van der Waals surface area contributed by atoms with Crippen LogP contribution in [0.25, 0.3) is 0 Å². The van der Waals surface area contributed by atoms with Gasteiger partial charge in [-0.3, -0.25) is 9.79 Å². The quantitative estimate of drug-likeness (QED) is 0.235. The molecule has 0 aromatic carbocycles. The van der Waals surface area contributed by atoms with E-state index < -0.39 is 0 Å². The van der Waals surface area contributed by atoms with Crippen LogP contribution in [0.5, 0.6) is 0 Å². The van der Waals surface area contributed by atoms with E-state index in [0.29, 0.717) is 18.8 Å². The number of guanidine groups is 1. The Balaban J connectivity index is 0.00000529. The van der Waals surface area contributed by atoms with Gasteiger partial charge in [-0.1, -0.05) is 25.8 Å². The Hall–Kier alpha value is -1.38. The molecule has 1 aromatic rings. The van der Waals surface area contributed by atoms with Crippen LogP contribution in [0.1, 0.15) is 45.1 Å². The van der Waals surface area contributed by atoms with Crippen LogP contribution in [-0.2, 0) is 4.79 Å². The predicted octanol–water partition coefficient (Wildman–Crippen LogP) is 3.08. The highest BCUT2D eigenvalue weighted by molar-refractivity contribution is 14.0. The predicted molar refractivity (Wildman–Crippen MR) is 111 cm³/mol. The number of halogens is 1. The molecule has 0 atom stereocenters. The third-order valence-electron chi connectivity index (χ3n) is 3.20. The average molecular weight is 447 g/mol. The summed E-state index contributed by atoms with van der Waals surface area (Å²) in [6, 6.07) is 3.73. The molecule has 3 N–H and O–H groups in total. The zero-order valence-electron chi connectivity index (χ0n) is 14.9. The number of carbonyl (C=O) groups excluding carboxylic acids is 1. The molecule has 0 saturated heterocycles. The van der Waals surface area contributed by atoms with Crippen LogP contribution in [0.2, 0.25) is 0 Å². The minimum absolute atomic E-state index is 0. The largest absolute Gasteiger partial charge is 0.357 e. The Labute approximate surface area is 162 Å². The molecule has 0 unspecified atom stereocenters. The van der Waals surface area contributed by atoms with Crippen molar-refractivity contribution in [3.05, 3.63) is 23.9 Å². The number of carbonyl (C=O) groups is 1. The molecule has 7 heteroatoms. The number of unbranched alkanes of at least 4 members (excludes halogenated alkanes) is 2. The molecule has 0 aliphatic carbocycles. The molecule has 1 amide bonds. The minimum Gasteiger partial charge on any atom is -0.357 e. The molecule has 1 rings (SSSR count). The first-order chi connectivity index (χ1) is 11.2. The molecule has 0 radical (unpaired) electrons. The lowest BCUT2D eigenvalue weighted by atomic mass is 10.2. The molecule has 0 aliphatic rings. The summed E-state index contributed by atoms with van der Waals surface area (Å²) >= 11 is 0. The first kappa shape index (κ1) is 22.6. The number of hydrogen-bond acceptors (Lipinski definition) is 3. The van der Waals surface area contributed by atoms with Crippen molar-refractivity contribution in [2.45, 2.75) is 46.5 Å². The average Bonchev–Trinajstić information content (AvgIpc) is 2.53. The molecule has 0 saturated carbocycles. The van der Waals surface area contributed by atoms with E-state index in [1.807, 2.05) is 19.9 Å². The summed E-state index contributed by atoms with van der Waals surface area (Å²) in [5, 5.41) is 9.15. The van der Waals surface area contributed by atoms with E-state index >= 15 is 0 Å². The van der Waals surface area contributed by atoms with Crippen LogP contribution in [0.3, 0.4) is 0 Å². The maximum absolute atomic E-state index is 11.9. The highest BCUT2D eigenvalue weighted by Gasteiger charge is 2.04. The lowest BCUT2D eigenvalue weighted by molar-refractivity contribution is -0.116. The van der Waals surface area contributed by atoms with E-state index in [9.17, 15) is 4.79 Å². The number of aliphatic imine (C=N–C) groups is 1. The van der Waals surface area contributed by atoms with Gasteiger partial charge in [0.15, 0.2) is 5.96 Å². The summed E-state index contributed by atoms with van der Waals surface area (Å²) in [4.78, 5) is 20.5. The van der Waals surface area contributed by atoms with Gasteiger partial charge in [0.25, 0.3) is 0 Å². The van der Waals surface area contributed by atoms with Gasteiger partial charge in [0.2, 0.25) is 5.91 Å². The Morgan fingerprint density at radius 2 is 2.00 bits per heavy atom. The van der Waals surface area contributed by atoms with Crippen LogP contribution in [-0.4, -0.2) is 36.5 Å². The summed E-state index contributed by atoms with van der Waals surface area (Å²) < 4.78 is 0. The van der Waals surface area contributed by atoms with Gasteiger partial charge >= 0.3 is 0 Å². The van der Waals surface area contributed by atoms with Crippen LogP contribution in [0, 0.1) is 6.92 Å². The number of aryl methyl sites for hydroxylation is 1. The summed E-state index contributed by atoms with van der Waals surface area (Å²) in [6.45, 7) is 8.32. The zero-order valence-corrected chi connectivity index (χ0v) is 17.2. The molecule has 0 aliphatic heterocycles. The number of rotatable bonds is 9. The monoisotopic (exact) mass is 447 g/mol. The summed E-state index contributed by atoms with van der Waals surface area (Å²) in [7, 11) is 0. The summed E-state index contributed by atoms with van der Waals surface area (Å²) in [5.41, 5.74) is 1.07. The fraction of sp³-hybridized carbons (Fsp3) is 0.588. The smallest absolute Gasteiger partial charge is 0.227 e. The number of nitrogens with zero attached hydrogens (tertiary/aromatic N) is 2. The van der Waals surface area contributed by atoms with Crippen molar-refractivity contribution in [2.75, 3.05) is 25.0 Å². The Kier molecular flexibility index (Phi) is 13.2. The molecule has 1 aromatic heterocycles. The number of nitrogens with one attached hydrogen (secondary N) is 3. The van der Waals surface area contributed by atoms with Crippen LogP contribution in [0.4, 0.5) is 5.82 Å². The van der Waals surface area contributed by atoms with Crippen molar-refractivity contribution in [2.24, 2.45) is 4.99 Å². The molecule has 0 bridgehead atoms. The van der Waals surface area contributed by atoms with Crippen molar-refractivity contribution >= 4 is 41.7 Å². The standard InChI is InChI=1S/C17H29N5O.HI/c1-4-6-7-11-19-17(18-5-2)20-12-10-16(23)22-15-9-8-14(3)13-21-15;/h8-9,13H,4-7,10-12H2,1-3H3,(H2,18,19,20)(H,21,22,23);1H. The van der Waals surface area contributed by atoms with Crippen molar-refractivity contribution in [1.29, 1.82) is 0 Å². The highest BCUT2D eigenvalue weighted by atomic mass is 127. The SMILES string of the molecule is CCCCCN=C(NCC)NCCC(=O)Nc1ccc(C)cn1.I. The van der Waals surface area contributed by atoms with E-state index in [0.717, 1.165) is 31.0 Å². The molecular formula is C17H30IN5O. The number of amides is 1. The van der Waals surface area contributed by atoms with E-state index in [1.54, 1.807) is 12.3 Å². The van der Waals surface area contributed by atoms with Crippen LogP contribution >= 0.6 is 24.0 Å². The topological polar surface area (TPSA) is 78.4 Å². The van der Waals surface area contributed by atoms with Crippen molar-refractivity contribution in [3.8, 4) is 0 Å². The third kappa shape index (κ3) is 10.4. The fourth-order valence-electron chi connectivity index (χ4n) is 1.94. The van der Waals surface area contributed by atoms with E-state index in [2.05, 4.69) is 32.9 Å². The number of pyridine rings is 1. The number of aromatic nitrogens is 1. The summed E-state index contributed by atoms with van der Waals surface area (Å²) in [6.07, 6.45) is 5.57. The zero-order chi connectivity index (χ0) is 16.9. The van der Waals surface area contributed by atoms with E-state index in [4.69, 9.17) is 0 Å². The highest BCUT2D eigenvalue weighted by Crippen LogP contribution is 2.03. The Bertz CT molecular complexity index is 490. The van der Waals surface area contributed by atoms with Gasteiger partial charge in [-0.05, 0) is 31.9 Å². The molecular weight excluding hydrogens is 417 g/mol. The first-order valence-electron chi connectivity index (χ1n) is 8.40. The molecule has 24 heavy (non-hydrogen) atoms. The van der Waals surface area contributed by atoms with Gasteiger partial charge in [0, 0.05) is 32.3 Å². The van der Waals surface area contributed by atoms with Crippen LogP contribution in [0.15, 0.2) is 23.3 Å². The first-order valence-corrected chi connectivity index (χ1v) is 8.40. The second kappa shape index (κ2) is 14.0. The number of anilines is 1. The molecule has 0 spiro atoms. The molecule has 1 heterocycles. The summed E-state index contributed by atoms with van der Waals surface area (Å²) in [5.74, 6) is 1.29. The lowest BCUT2D eigenvalue weighted by Crippen LogP contribution is -2.38. The third-order valence-corrected chi connectivity index (χ3v) is 3.20. The van der Waals surface area contributed by atoms with Crippen molar-refractivity contribution < 1.29 is 4.79 Å². The lowest BCUT2D eigenvalue weighted by Gasteiger charge is -2.11.